The molecule has 2 rings (SSSR count). The average Bonchev–Trinajstić information content (AvgIpc) is 2.46. The van der Waals surface area contributed by atoms with Crippen molar-refractivity contribution in [2.24, 2.45) is 0 Å². The fraction of sp³-hybridized carbons (Fsp3) is 0.353. The van der Waals surface area contributed by atoms with Gasteiger partial charge in [0.05, 0.1) is 0 Å². The van der Waals surface area contributed by atoms with Gasteiger partial charge >= 0.3 is 0 Å². The minimum atomic E-state index is 0.563. The van der Waals surface area contributed by atoms with Crippen molar-refractivity contribution < 1.29 is 4.74 Å². The van der Waals surface area contributed by atoms with Crippen molar-refractivity contribution in [3.8, 4) is 5.75 Å². The highest BCUT2D eigenvalue weighted by atomic mass is 16.5. The summed E-state index contributed by atoms with van der Waals surface area (Å²) in [5, 5.41) is 3.29. The molecule has 0 radical (unpaired) electrons. The van der Waals surface area contributed by atoms with Crippen molar-refractivity contribution in [3.63, 3.8) is 0 Å². The summed E-state index contributed by atoms with van der Waals surface area (Å²) in [7, 11) is 0. The first-order valence-corrected chi connectivity index (χ1v) is 7.08. The molecule has 2 aromatic rings. The predicted molar refractivity (Wildman–Crippen MR) is 83.3 cm³/mol. The molecule has 1 heterocycles. The van der Waals surface area contributed by atoms with Gasteiger partial charge in [0.25, 0.3) is 0 Å². The topological polar surface area (TPSA) is 34.1 Å². The van der Waals surface area contributed by atoms with Crippen LogP contribution in [0, 0.1) is 13.8 Å². The van der Waals surface area contributed by atoms with Crippen LogP contribution in [0.4, 0.5) is 5.82 Å². The molecular formula is C17H22N2O. The molecule has 20 heavy (non-hydrogen) atoms. The molecule has 0 saturated heterocycles. The molecule has 0 spiro atoms. The number of hydrogen-bond acceptors (Lipinski definition) is 3. The van der Waals surface area contributed by atoms with E-state index >= 15 is 0 Å². The maximum atomic E-state index is 5.91. The normalized spacial score (nSPS) is 10.3. The first-order valence-electron chi connectivity index (χ1n) is 7.08. The van der Waals surface area contributed by atoms with Gasteiger partial charge in [0.2, 0.25) is 0 Å². The second-order valence-corrected chi connectivity index (χ2v) is 5.03. The fourth-order valence-electron chi connectivity index (χ4n) is 1.94. The van der Waals surface area contributed by atoms with E-state index in [4.69, 9.17) is 4.74 Å². The van der Waals surface area contributed by atoms with Crippen molar-refractivity contribution in [2.75, 3.05) is 11.9 Å². The summed E-state index contributed by atoms with van der Waals surface area (Å²) in [5.74, 6) is 1.86. The zero-order valence-corrected chi connectivity index (χ0v) is 12.4. The van der Waals surface area contributed by atoms with Crippen molar-refractivity contribution in [3.05, 3.63) is 53.2 Å². The number of aryl methyl sites for hydroxylation is 2. The van der Waals surface area contributed by atoms with E-state index in [9.17, 15) is 0 Å². The van der Waals surface area contributed by atoms with Gasteiger partial charge in [-0.1, -0.05) is 19.1 Å². The second kappa shape index (κ2) is 6.94. The monoisotopic (exact) mass is 270 g/mol. The fourth-order valence-corrected chi connectivity index (χ4v) is 1.94. The quantitative estimate of drug-likeness (QED) is 0.858. The molecule has 0 aliphatic carbocycles. The lowest BCUT2D eigenvalue weighted by Crippen LogP contribution is -2.03. The Bertz CT molecular complexity index is 567. The van der Waals surface area contributed by atoms with E-state index < -0.39 is 0 Å². The van der Waals surface area contributed by atoms with Crippen molar-refractivity contribution in [1.82, 2.24) is 4.98 Å². The SMILES string of the molecule is CCCNc1cc(COc2cc(C)ccc2C)ccn1. The lowest BCUT2D eigenvalue weighted by Gasteiger charge is -2.11. The van der Waals surface area contributed by atoms with Gasteiger partial charge in [-0.05, 0) is 55.2 Å². The van der Waals surface area contributed by atoms with E-state index in [1.54, 1.807) is 0 Å². The molecule has 0 aliphatic rings. The molecule has 1 aromatic heterocycles. The van der Waals surface area contributed by atoms with Gasteiger partial charge in [-0.3, -0.25) is 0 Å². The van der Waals surface area contributed by atoms with Gasteiger partial charge in [-0.2, -0.15) is 0 Å². The van der Waals surface area contributed by atoms with Crippen LogP contribution < -0.4 is 10.1 Å². The van der Waals surface area contributed by atoms with E-state index in [2.05, 4.69) is 49.3 Å². The molecule has 0 fully saturated rings. The Morgan fingerprint density at radius 2 is 2.00 bits per heavy atom. The number of hydrogen-bond donors (Lipinski definition) is 1. The van der Waals surface area contributed by atoms with Gasteiger partial charge in [0, 0.05) is 12.7 Å². The standard InChI is InChI=1S/C17H22N2O/c1-4-8-18-17-11-15(7-9-19-17)12-20-16-10-13(2)5-6-14(16)3/h5-7,9-11H,4,8,12H2,1-3H3,(H,18,19). The van der Waals surface area contributed by atoms with Crippen LogP contribution in [-0.2, 0) is 6.61 Å². The van der Waals surface area contributed by atoms with E-state index in [0.717, 1.165) is 35.7 Å². The molecule has 0 saturated carbocycles. The molecule has 1 aromatic carbocycles. The molecule has 3 heteroatoms. The number of pyridine rings is 1. The van der Waals surface area contributed by atoms with Crippen LogP contribution in [0.15, 0.2) is 36.5 Å². The molecule has 0 amide bonds. The number of ether oxygens (including phenoxy) is 1. The molecule has 106 valence electrons. The van der Waals surface area contributed by atoms with Crippen LogP contribution in [0.25, 0.3) is 0 Å². The largest absolute Gasteiger partial charge is 0.489 e. The maximum Gasteiger partial charge on any atom is 0.126 e. The molecule has 0 aliphatic heterocycles. The van der Waals surface area contributed by atoms with Crippen LogP contribution in [0.2, 0.25) is 0 Å². The van der Waals surface area contributed by atoms with Crippen LogP contribution in [0.1, 0.15) is 30.0 Å². The maximum absolute atomic E-state index is 5.91. The third kappa shape index (κ3) is 3.98. The van der Waals surface area contributed by atoms with E-state index in [-0.39, 0.29) is 0 Å². The van der Waals surface area contributed by atoms with Crippen LogP contribution in [0.3, 0.4) is 0 Å². The highest BCUT2D eigenvalue weighted by Crippen LogP contribution is 2.20. The summed E-state index contributed by atoms with van der Waals surface area (Å²) >= 11 is 0. The van der Waals surface area contributed by atoms with Crippen LogP contribution >= 0.6 is 0 Å². The minimum absolute atomic E-state index is 0.563. The zero-order chi connectivity index (χ0) is 14.4. The number of rotatable bonds is 6. The Labute approximate surface area is 121 Å². The third-order valence-electron chi connectivity index (χ3n) is 3.12. The number of nitrogens with zero attached hydrogens (tertiary/aromatic N) is 1. The van der Waals surface area contributed by atoms with Crippen molar-refractivity contribution >= 4 is 5.82 Å². The summed E-state index contributed by atoms with van der Waals surface area (Å²) in [4.78, 5) is 4.30. The number of nitrogens with one attached hydrogen (secondary N) is 1. The summed E-state index contributed by atoms with van der Waals surface area (Å²) in [6, 6.07) is 10.3. The minimum Gasteiger partial charge on any atom is -0.489 e. The summed E-state index contributed by atoms with van der Waals surface area (Å²) in [6.45, 7) is 7.78. The van der Waals surface area contributed by atoms with Gasteiger partial charge in [-0.15, -0.1) is 0 Å². The van der Waals surface area contributed by atoms with Gasteiger partial charge in [0.1, 0.15) is 18.2 Å². The second-order valence-electron chi connectivity index (χ2n) is 5.03. The van der Waals surface area contributed by atoms with Crippen LogP contribution in [-0.4, -0.2) is 11.5 Å². The van der Waals surface area contributed by atoms with E-state index in [0.29, 0.717) is 6.61 Å². The summed E-state index contributed by atoms with van der Waals surface area (Å²) < 4.78 is 5.91. The molecule has 1 N–H and O–H groups in total. The Balaban J connectivity index is 2.01. The molecule has 0 atom stereocenters. The van der Waals surface area contributed by atoms with E-state index in [1.165, 1.54) is 5.56 Å². The van der Waals surface area contributed by atoms with Gasteiger partial charge in [0.15, 0.2) is 0 Å². The van der Waals surface area contributed by atoms with E-state index in [1.807, 2.05) is 18.3 Å². The molecule has 3 nitrogen and oxygen atoms in total. The highest BCUT2D eigenvalue weighted by Gasteiger charge is 2.02. The van der Waals surface area contributed by atoms with Gasteiger partial charge in [-0.25, -0.2) is 4.98 Å². The smallest absolute Gasteiger partial charge is 0.126 e. The Morgan fingerprint density at radius 1 is 1.15 bits per heavy atom. The van der Waals surface area contributed by atoms with Crippen LogP contribution in [0.5, 0.6) is 5.75 Å². The predicted octanol–water partition coefficient (Wildman–Crippen LogP) is 4.10. The zero-order valence-electron chi connectivity index (χ0n) is 12.4. The van der Waals surface area contributed by atoms with Gasteiger partial charge < -0.3 is 10.1 Å². The summed E-state index contributed by atoms with van der Waals surface area (Å²) in [6.07, 6.45) is 2.91. The molecule has 0 unspecified atom stereocenters. The third-order valence-corrected chi connectivity index (χ3v) is 3.12. The lowest BCUT2D eigenvalue weighted by atomic mass is 10.1. The lowest BCUT2D eigenvalue weighted by molar-refractivity contribution is 0.304. The van der Waals surface area contributed by atoms with Crippen molar-refractivity contribution in [1.29, 1.82) is 0 Å². The number of anilines is 1. The number of benzene rings is 1. The Kier molecular flexibility index (Phi) is 4.99. The first-order chi connectivity index (χ1) is 9.69. The number of aromatic nitrogens is 1. The highest BCUT2D eigenvalue weighted by molar-refractivity contribution is 5.38. The Morgan fingerprint density at radius 3 is 2.80 bits per heavy atom. The molecular weight excluding hydrogens is 248 g/mol. The average molecular weight is 270 g/mol. The molecule has 0 bridgehead atoms. The summed E-state index contributed by atoms with van der Waals surface area (Å²) in [5.41, 5.74) is 3.50. The van der Waals surface area contributed by atoms with Crippen molar-refractivity contribution in [2.45, 2.75) is 33.8 Å². The Hall–Kier alpha value is -2.03. The first kappa shape index (κ1) is 14.4.